The zero-order valence-electron chi connectivity index (χ0n) is 18.0. The Hall–Kier alpha value is -1.69. The fourth-order valence-electron chi connectivity index (χ4n) is 4.96. The molecule has 2 aromatic carbocycles. The number of rotatable bonds is 7. The van der Waals surface area contributed by atoms with Gasteiger partial charge >= 0.3 is 7.82 Å². The van der Waals surface area contributed by atoms with Crippen LogP contribution in [-0.4, -0.2) is 28.5 Å². The van der Waals surface area contributed by atoms with E-state index < -0.39 is 13.4 Å². The Bertz CT molecular complexity index is 974. The molecule has 168 valence electrons. The first-order valence-electron chi connectivity index (χ1n) is 11.0. The van der Waals surface area contributed by atoms with Gasteiger partial charge in [-0.3, -0.25) is 4.52 Å². The number of phosphoric ester groups is 1. The average molecular weight is 445 g/mol. The van der Waals surface area contributed by atoms with E-state index in [1.807, 2.05) is 18.2 Å². The topological polar surface area (TPSA) is 102 Å². The molecule has 4 N–H and O–H groups in total. The van der Waals surface area contributed by atoms with Crippen molar-refractivity contribution in [1.29, 1.82) is 0 Å². The second-order valence-corrected chi connectivity index (χ2v) is 10.5. The Balaban J connectivity index is 1.35. The molecule has 1 saturated carbocycles. The van der Waals surface area contributed by atoms with Gasteiger partial charge in [0.2, 0.25) is 0 Å². The van der Waals surface area contributed by atoms with Crippen molar-refractivity contribution in [2.45, 2.75) is 56.9 Å². The van der Waals surface area contributed by atoms with Crippen LogP contribution in [0, 0.1) is 12.8 Å². The van der Waals surface area contributed by atoms with Crippen molar-refractivity contribution in [3.63, 3.8) is 0 Å². The number of nitrogens with two attached hydrogens (primary N) is 1. The highest BCUT2D eigenvalue weighted by Crippen LogP contribution is 2.44. The van der Waals surface area contributed by atoms with E-state index in [9.17, 15) is 4.57 Å². The molecule has 3 atom stereocenters. The van der Waals surface area contributed by atoms with Crippen LogP contribution in [0.4, 0.5) is 0 Å². The molecule has 1 fully saturated rings. The second kappa shape index (κ2) is 9.05. The molecule has 0 amide bonds. The van der Waals surface area contributed by atoms with Gasteiger partial charge in [0, 0.05) is 5.54 Å². The fourth-order valence-corrected chi connectivity index (χ4v) is 5.38. The molecule has 2 aromatic rings. The predicted molar refractivity (Wildman–Crippen MR) is 120 cm³/mol. The van der Waals surface area contributed by atoms with E-state index in [-0.39, 0.29) is 6.61 Å². The van der Waals surface area contributed by atoms with Gasteiger partial charge in [0.25, 0.3) is 0 Å². The third kappa shape index (κ3) is 5.76. The zero-order valence-corrected chi connectivity index (χ0v) is 18.9. The Morgan fingerprint density at radius 2 is 1.97 bits per heavy atom. The minimum atomic E-state index is -4.49. The summed E-state index contributed by atoms with van der Waals surface area (Å²) >= 11 is 0. The smallest absolute Gasteiger partial charge is 0.469 e. The Kier molecular flexibility index (Phi) is 6.57. The molecule has 2 aliphatic rings. The molecule has 4 rings (SSSR count). The van der Waals surface area contributed by atoms with Crippen LogP contribution in [0.15, 0.2) is 42.5 Å². The van der Waals surface area contributed by atoms with E-state index >= 15 is 0 Å². The quantitative estimate of drug-likeness (QED) is 0.551. The summed E-state index contributed by atoms with van der Waals surface area (Å²) in [6, 6.07) is 14.9. The molecule has 2 aliphatic carbocycles. The van der Waals surface area contributed by atoms with Gasteiger partial charge in [-0.1, -0.05) is 36.4 Å². The molecule has 0 bridgehead atoms. The summed E-state index contributed by atoms with van der Waals surface area (Å²) in [7, 11) is -4.49. The third-order valence-corrected chi connectivity index (χ3v) is 7.23. The SMILES string of the molecule is Cc1ccccc1OC[C@@H]1CCc2cc([C@H]3CC[C@](N)(COP(=O)(O)O)C3)ccc2C1. The molecule has 7 heteroatoms. The van der Waals surface area contributed by atoms with Crippen LogP contribution in [0.3, 0.4) is 0 Å². The van der Waals surface area contributed by atoms with Crippen molar-refractivity contribution >= 4 is 7.82 Å². The average Bonchev–Trinajstić information content (AvgIpc) is 3.13. The number of phosphoric acid groups is 1. The van der Waals surface area contributed by atoms with Crippen LogP contribution in [-0.2, 0) is 21.9 Å². The molecule has 0 spiro atoms. The molecule has 0 saturated heterocycles. The standard InChI is InChI=1S/C24H32NO5P/c1-17-4-2-3-5-23(17)29-15-18-6-7-20-13-21(9-8-19(20)12-18)22-10-11-24(25,14-22)16-30-31(26,27)28/h2-5,8-9,13,18,22H,6-7,10-12,14-16,25H2,1H3,(H2,26,27,28)/t18-,22+,24-/m1/s1. The largest absolute Gasteiger partial charge is 0.493 e. The number of para-hydroxylation sites is 1. The highest BCUT2D eigenvalue weighted by atomic mass is 31.2. The highest BCUT2D eigenvalue weighted by Gasteiger charge is 2.38. The lowest BCUT2D eigenvalue weighted by Gasteiger charge is -2.27. The molecule has 31 heavy (non-hydrogen) atoms. The van der Waals surface area contributed by atoms with Gasteiger partial charge in [-0.15, -0.1) is 0 Å². The first-order chi connectivity index (χ1) is 14.7. The van der Waals surface area contributed by atoms with E-state index in [1.165, 1.54) is 22.3 Å². The fraction of sp³-hybridized carbons (Fsp3) is 0.500. The Morgan fingerprint density at radius 1 is 1.16 bits per heavy atom. The first-order valence-corrected chi connectivity index (χ1v) is 12.5. The van der Waals surface area contributed by atoms with Crippen molar-refractivity contribution in [3.8, 4) is 5.75 Å². The molecule has 0 unspecified atom stereocenters. The van der Waals surface area contributed by atoms with Gasteiger partial charge in [-0.2, -0.15) is 0 Å². The lowest BCUT2D eigenvalue weighted by atomic mass is 9.82. The normalized spacial score (nSPS) is 25.9. The zero-order chi connectivity index (χ0) is 22.1. The lowest BCUT2D eigenvalue weighted by Crippen LogP contribution is -2.41. The summed E-state index contributed by atoms with van der Waals surface area (Å²) in [4.78, 5) is 17.9. The van der Waals surface area contributed by atoms with E-state index in [1.54, 1.807) is 0 Å². The number of ether oxygens (including phenoxy) is 1. The van der Waals surface area contributed by atoms with Crippen LogP contribution in [0.5, 0.6) is 5.75 Å². The van der Waals surface area contributed by atoms with E-state index in [0.717, 1.165) is 38.0 Å². The van der Waals surface area contributed by atoms with Crippen molar-refractivity contribution in [2.24, 2.45) is 11.7 Å². The van der Waals surface area contributed by atoms with Crippen LogP contribution >= 0.6 is 7.82 Å². The van der Waals surface area contributed by atoms with Crippen molar-refractivity contribution in [1.82, 2.24) is 0 Å². The van der Waals surface area contributed by atoms with Crippen molar-refractivity contribution in [3.05, 3.63) is 64.7 Å². The van der Waals surface area contributed by atoms with Crippen LogP contribution in [0.2, 0.25) is 0 Å². The summed E-state index contributed by atoms with van der Waals surface area (Å²) in [5.74, 6) is 1.79. The first kappa shape index (κ1) is 22.5. The van der Waals surface area contributed by atoms with Gasteiger partial charge < -0.3 is 20.3 Å². The molecule has 0 heterocycles. The predicted octanol–water partition coefficient (Wildman–Crippen LogP) is 4.25. The van der Waals surface area contributed by atoms with Crippen LogP contribution in [0.1, 0.15) is 53.9 Å². The monoisotopic (exact) mass is 445 g/mol. The number of hydrogen-bond acceptors (Lipinski definition) is 4. The van der Waals surface area contributed by atoms with Gasteiger partial charge in [-0.25, -0.2) is 4.57 Å². The third-order valence-electron chi connectivity index (χ3n) is 6.76. The number of aryl methyl sites for hydroxylation is 2. The maximum Gasteiger partial charge on any atom is 0.469 e. The van der Waals surface area contributed by atoms with E-state index in [0.29, 0.717) is 24.7 Å². The van der Waals surface area contributed by atoms with Gasteiger partial charge in [0.1, 0.15) is 5.75 Å². The van der Waals surface area contributed by atoms with Gasteiger partial charge in [0.15, 0.2) is 0 Å². The lowest BCUT2D eigenvalue weighted by molar-refractivity contribution is 0.153. The Morgan fingerprint density at radius 3 is 2.74 bits per heavy atom. The summed E-state index contributed by atoms with van der Waals surface area (Å²) in [6.07, 6.45) is 5.48. The number of fused-ring (bicyclic) bond motifs is 1. The summed E-state index contributed by atoms with van der Waals surface area (Å²) in [5.41, 5.74) is 10.9. The van der Waals surface area contributed by atoms with E-state index in [2.05, 4.69) is 31.2 Å². The van der Waals surface area contributed by atoms with E-state index in [4.69, 9.17) is 24.8 Å². The second-order valence-electron chi connectivity index (χ2n) is 9.28. The summed E-state index contributed by atoms with van der Waals surface area (Å²) in [5, 5.41) is 0. The minimum absolute atomic E-state index is 0.110. The molecular formula is C24H32NO5P. The highest BCUT2D eigenvalue weighted by molar-refractivity contribution is 7.46. The summed E-state index contributed by atoms with van der Waals surface area (Å²) in [6.45, 7) is 2.70. The molecule has 0 aliphatic heterocycles. The summed E-state index contributed by atoms with van der Waals surface area (Å²) < 4.78 is 21.8. The van der Waals surface area contributed by atoms with Crippen molar-refractivity contribution < 1.29 is 23.6 Å². The van der Waals surface area contributed by atoms with Crippen molar-refractivity contribution in [2.75, 3.05) is 13.2 Å². The molecular weight excluding hydrogens is 413 g/mol. The molecule has 6 nitrogen and oxygen atoms in total. The molecule has 0 aromatic heterocycles. The Labute approximate surface area is 184 Å². The maximum absolute atomic E-state index is 11.0. The number of benzene rings is 2. The number of hydrogen-bond donors (Lipinski definition) is 3. The maximum atomic E-state index is 11.0. The van der Waals surface area contributed by atoms with Crippen LogP contribution < -0.4 is 10.5 Å². The molecule has 0 radical (unpaired) electrons. The minimum Gasteiger partial charge on any atom is -0.493 e. The van der Waals surface area contributed by atoms with Gasteiger partial charge in [0.05, 0.1) is 13.2 Å². The van der Waals surface area contributed by atoms with Gasteiger partial charge in [-0.05, 0) is 85.6 Å². The van der Waals surface area contributed by atoms with Crippen LogP contribution in [0.25, 0.3) is 0 Å².